The lowest BCUT2D eigenvalue weighted by atomic mass is 10.1. The van der Waals surface area contributed by atoms with Crippen LogP contribution < -0.4 is 5.32 Å². The van der Waals surface area contributed by atoms with Crippen molar-refractivity contribution >= 4 is 17.7 Å². The van der Waals surface area contributed by atoms with Crippen molar-refractivity contribution < 1.29 is 27.8 Å². The Balaban J connectivity index is 2.78. The lowest BCUT2D eigenvalue weighted by Crippen LogP contribution is -2.28. The molecular weight excluding hydrogens is 296 g/mol. The Morgan fingerprint density at radius 3 is 2.14 bits per heavy atom. The number of hydrogen-bond acceptors (Lipinski definition) is 4. The monoisotopic (exact) mass is 315 g/mol. The van der Waals surface area contributed by atoms with Gasteiger partial charge in [0.25, 0.3) is 0 Å². The summed E-state index contributed by atoms with van der Waals surface area (Å²) in [7, 11) is 0. The number of carbonyl (C=O) groups excluding carboxylic acids is 2. The van der Waals surface area contributed by atoms with Crippen molar-refractivity contribution in [2.24, 2.45) is 0 Å². The molecule has 122 valence electrons. The minimum atomic E-state index is -3.74. The van der Waals surface area contributed by atoms with Crippen LogP contribution in [-0.2, 0) is 20.2 Å². The lowest BCUT2D eigenvalue weighted by molar-refractivity contribution is -0.173. The highest BCUT2D eigenvalue weighted by molar-refractivity contribution is 5.85. The molecule has 0 radical (unpaired) electrons. The average molecular weight is 315 g/mol. The molecule has 0 aliphatic carbocycles. The molecule has 0 saturated carbocycles. The van der Waals surface area contributed by atoms with Crippen LogP contribution in [-0.4, -0.2) is 24.3 Å². The summed E-state index contributed by atoms with van der Waals surface area (Å²) in [4.78, 5) is 22.8. The second-order valence-electron chi connectivity index (χ2n) is 5.50. The van der Waals surface area contributed by atoms with Crippen LogP contribution in [0.15, 0.2) is 24.3 Å². The number of alkyl halides is 2. The molecule has 7 heteroatoms. The zero-order valence-corrected chi connectivity index (χ0v) is 12.9. The van der Waals surface area contributed by atoms with Crippen molar-refractivity contribution in [1.82, 2.24) is 0 Å². The highest BCUT2D eigenvalue weighted by Gasteiger charge is 2.42. The third-order valence-corrected chi connectivity index (χ3v) is 2.42. The van der Waals surface area contributed by atoms with E-state index in [4.69, 9.17) is 4.74 Å². The van der Waals surface area contributed by atoms with E-state index in [9.17, 15) is 18.4 Å². The standard InChI is InChI=1S/C15H19F2NO4/c1-5-21-12(19)15(16,17)10-6-8-11(9-7-10)18-13(20)22-14(2,3)4/h6-9H,5H2,1-4H3,(H,18,20). The largest absolute Gasteiger partial charge is 0.461 e. The fourth-order valence-corrected chi connectivity index (χ4v) is 1.52. The third-order valence-electron chi connectivity index (χ3n) is 2.42. The van der Waals surface area contributed by atoms with Crippen LogP contribution in [0.5, 0.6) is 0 Å². The summed E-state index contributed by atoms with van der Waals surface area (Å²) in [5.74, 6) is -5.34. The van der Waals surface area contributed by atoms with E-state index in [0.717, 1.165) is 12.1 Å². The van der Waals surface area contributed by atoms with E-state index in [0.29, 0.717) is 0 Å². The SMILES string of the molecule is CCOC(=O)C(F)(F)c1ccc(NC(=O)OC(C)(C)C)cc1. The van der Waals surface area contributed by atoms with Crippen LogP contribution in [0, 0.1) is 0 Å². The van der Waals surface area contributed by atoms with Gasteiger partial charge in [-0.25, -0.2) is 9.59 Å². The Labute approximate surface area is 127 Å². The number of carbonyl (C=O) groups is 2. The van der Waals surface area contributed by atoms with Gasteiger partial charge in [-0.15, -0.1) is 0 Å². The first-order chi connectivity index (χ1) is 10.1. The van der Waals surface area contributed by atoms with Crippen LogP contribution in [0.1, 0.15) is 33.3 Å². The number of hydrogen-bond donors (Lipinski definition) is 1. The molecule has 1 rings (SSSR count). The van der Waals surface area contributed by atoms with Crippen molar-refractivity contribution in [2.75, 3.05) is 11.9 Å². The normalized spacial score (nSPS) is 11.7. The number of benzene rings is 1. The summed E-state index contributed by atoms with van der Waals surface area (Å²) in [6.07, 6.45) is -0.697. The number of rotatable bonds is 4. The first-order valence-electron chi connectivity index (χ1n) is 6.72. The Hall–Kier alpha value is -2.18. The van der Waals surface area contributed by atoms with Crippen LogP contribution in [0.2, 0.25) is 0 Å². The molecule has 0 spiro atoms. The summed E-state index contributed by atoms with van der Waals surface area (Å²) in [5.41, 5.74) is -0.903. The van der Waals surface area contributed by atoms with Gasteiger partial charge in [0, 0.05) is 11.3 Å². The maximum atomic E-state index is 13.8. The fourth-order valence-electron chi connectivity index (χ4n) is 1.52. The number of halogens is 2. The summed E-state index contributed by atoms with van der Waals surface area (Å²) in [5, 5.41) is 2.41. The second kappa shape index (κ2) is 6.72. The number of anilines is 1. The topological polar surface area (TPSA) is 64.6 Å². The molecule has 1 aromatic rings. The Bertz CT molecular complexity index is 535. The van der Waals surface area contributed by atoms with Crippen LogP contribution in [0.3, 0.4) is 0 Å². The van der Waals surface area contributed by atoms with Crippen molar-refractivity contribution in [3.8, 4) is 0 Å². The van der Waals surface area contributed by atoms with E-state index >= 15 is 0 Å². The average Bonchev–Trinajstić information content (AvgIpc) is 2.37. The van der Waals surface area contributed by atoms with E-state index < -0.39 is 29.1 Å². The van der Waals surface area contributed by atoms with E-state index in [2.05, 4.69) is 10.1 Å². The van der Waals surface area contributed by atoms with Gasteiger partial charge in [0.2, 0.25) is 0 Å². The van der Waals surface area contributed by atoms with Crippen molar-refractivity contribution in [1.29, 1.82) is 0 Å². The molecule has 0 aliphatic rings. The minimum Gasteiger partial charge on any atom is -0.461 e. The molecule has 0 bridgehead atoms. The van der Waals surface area contributed by atoms with Gasteiger partial charge >= 0.3 is 18.0 Å². The predicted molar refractivity (Wildman–Crippen MR) is 76.8 cm³/mol. The zero-order chi connectivity index (χ0) is 17.0. The lowest BCUT2D eigenvalue weighted by Gasteiger charge is -2.20. The molecule has 0 atom stereocenters. The second-order valence-corrected chi connectivity index (χ2v) is 5.50. The molecule has 0 unspecified atom stereocenters. The molecular formula is C15H19F2NO4. The minimum absolute atomic E-state index is 0.132. The first-order valence-corrected chi connectivity index (χ1v) is 6.72. The summed E-state index contributed by atoms with van der Waals surface area (Å²) < 4.78 is 36.9. The molecule has 0 aromatic heterocycles. The molecule has 1 amide bonds. The van der Waals surface area contributed by atoms with E-state index in [1.807, 2.05) is 0 Å². The molecule has 1 aromatic carbocycles. The quantitative estimate of drug-likeness (QED) is 0.861. The van der Waals surface area contributed by atoms with Gasteiger partial charge in [-0.1, -0.05) is 12.1 Å². The molecule has 22 heavy (non-hydrogen) atoms. The fraction of sp³-hybridized carbons (Fsp3) is 0.467. The van der Waals surface area contributed by atoms with Gasteiger partial charge in [0.05, 0.1) is 6.61 Å². The van der Waals surface area contributed by atoms with Crippen LogP contribution >= 0.6 is 0 Å². The van der Waals surface area contributed by atoms with Gasteiger partial charge < -0.3 is 9.47 Å². The Morgan fingerprint density at radius 2 is 1.68 bits per heavy atom. The summed E-state index contributed by atoms with van der Waals surface area (Å²) in [6.45, 7) is 6.43. The summed E-state index contributed by atoms with van der Waals surface area (Å²) in [6, 6.07) is 4.60. The van der Waals surface area contributed by atoms with Gasteiger partial charge in [-0.2, -0.15) is 8.78 Å². The first kappa shape index (κ1) is 17.9. The number of esters is 1. The smallest absolute Gasteiger partial charge is 0.412 e. The van der Waals surface area contributed by atoms with Gasteiger partial charge in [0.15, 0.2) is 0 Å². The number of amides is 1. The van der Waals surface area contributed by atoms with Gasteiger partial charge in [-0.05, 0) is 39.8 Å². The maximum Gasteiger partial charge on any atom is 0.412 e. The van der Waals surface area contributed by atoms with Crippen molar-refractivity contribution in [3.63, 3.8) is 0 Å². The molecule has 0 aliphatic heterocycles. The third kappa shape index (κ3) is 4.98. The van der Waals surface area contributed by atoms with Crippen LogP contribution in [0.25, 0.3) is 0 Å². The molecule has 1 N–H and O–H groups in total. The maximum absolute atomic E-state index is 13.8. The van der Waals surface area contributed by atoms with Gasteiger partial charge in [0.1, 0.15) is 5.60 Å². The van der Waals surface area contributed by atoms with Crippen molar-refractivity contribution in [2.45, 2.75) is 39.2 Å². The van der Waals surface area contributed by atoms with E-state index in [1.54, 1.807) is 20.8 Å². The summed E-state index contributed by atoms with van der Waals surface area (Å²) >= 11 is 0. The molecule has 0 heterocycles. The molecule has 0 fully saturated rings. The number of nitrogens with one attached hydrogen (secondary N) is 1. The van der Waals surface area contributed by atoms with E-state index in [1.165, 1.54) is 19.1 Å². The Morgan fingerprint density at radius 1 is 1.14 bits per heavy atom. The zero-order valence-electron chi connectivity index (χ0n) is 12.9. The van der Waals surface area contributed by atoms with Gasteiger partial charge in [-0.3, -0.25) is 5.32 Å². The molecule has 5 nitrogen and oxygen atoms in total. The number of ether oxygens (including phenoxy) is 2. The Kier molecular flexibility index (Phi) is 5.46. The highest BCUT2D eigenvalue weighted by Crippen LogP contribution is 2.30. The molecule has 0 saturated heterocycles. The van der Waals surface area contributed by atoms with Crippen LogP contribution in [0.4, 0.5) is 19.3 Å². The highest BCUT2D eigenvalue weighted by atomic mass is 19.3. The van der Waals surface area contributed by atoms with Crippen molar-refractivity contribution in [3.05, 3.63) is 29.8 Å². The predicted octanol–water partition coefficient (Wildman–Crippen LogP) is 3.69. The van der Waals surface area contributed by atoms with E-state index in [-0.39, 0.29) is 12.3 Å².